The molecule has 1 aliphatic carbocycles. The summed E-state index contributed by atoms with van der Waals surface area (Å²) in [6.07, 6.45) is 7.63. The number of rotatable bonds is 4. The quantitative estimate of drug-likeness (QED) is 0.580. The van der Waals surface area contributed by atoms with Gasteiger partial charge in [-0.25, -0.2) is 0 Å². The third-order valence-corrected chi connectivity index (χ3v) is 7.91. The Morgan fingerprint density at radius 3 is 2.60 bits per heavy atom. The molecule has 156 valence electrons. The van der Waals surface area contributed by atoms with Gasteiger partial charge in [0, 0.05) is 28.7 Å². The maximum Gasteiger partial charge on any atom is 0.0622 e. The number of benzene rings is 2. The lowest BCUT2D eigenvalue weighted by atomic mass is 9.59. The van der Waals surface area contributed by atoms with Crippen molar-refractivity contribution < 1.29 is 0 Å². The van der Waals surface area contributed by atoms with Gasteiger partial charge in [-0.2, -0.15) is 0 Å². The molecule has 0 amide bonds. The van der Waals surface area contributed by atoms with E-state index in [9.17, 15) is 0 Å². The first-order valence-electron chi connectivity index (χ1n) is 11.3. The summed E-state index contributed by atoms with van der Waals surface area (Å²) in [7, 11) is 4.50. The molecule has 2 aliphatic rings. The maximum atomic E-state index is 4.15. The number of nitrogens with one attached hydrogen (secondary N) is 2. The highest BCUT2D eigenvalue weighted by Crippen LogP contribution is 2.54. The van der Waals surface area contributed by atoms with E-state index in [0.29, 0.717) is 5.92 Å². The molecule has 1 fully saturated rings. The zero-order valence-electron chi connectivity index (χ0n) is 18.2. The van der Waals surface area contributed by atoms with E-state index in [2.05, 4.69) is 96.5 Å². The number of H-pyrrole nitrogens is 1. The summed E-state index contributed by atoms with van der Waals surface area (Å²) in [6, 6.07) is 19.9. The molecule has 3 aromatic rings. The van der Waals surface area contributed by atoms with Crippen molar-refractivity contribution in [3.63, 3.8) is 0 Å². The summed E-state index contributed by atoms with van der Waals surface area (Å²) in [6.45, 7) is 5.19. The molecule has 1 aliphatic heterocycles. The molecule has 1 spiro atoms. The molecule has 2 aromatic carbocycles. The number of allylic oxidation sites excluding steroid dienone is 1. The van der Waals surface area contributed by atoms with E-state index in [-0.39, 0.29) is 11.1 Å². The van der Waals surface area contributed by atoms with Crippen LogP contribution in [0, 0.1) is 5.92 Å². The second-order valence-electron chi connectivity index (χ2n) is 9.39. The smallest absolute Gasteiger partial charge is 0.0622 e. The molecule has 0 saturated heterocycles. The van der Waals surface area contributed by atoms with Gasteiger partial charge >= 0.3 is 0 Å². The van der Waals surface area contributed by atoms with Crippen molar-refractivity contribution in [2.24, 2.45) is 5.92 Å². The Morgan fingerprint density at radius 2 is 1.83 bits per heavy atom. The highest BCUT2D eigenvalue weighted by molar-refractivity contribution is 5.85. The summed E-state index contributed by atoms with van der Waals surface area (Å²) in [5.41, 5.74) is 5.72. The van der Waals surface area contributed by atoms with Crippen LogP contribution >= 0.6 is 0 Å². The van der Waals surface area contributed by atoms with Crippen molar-refractivity contribution in [3.05, 3.63) is 84.1 Å². The predicted molar refractivity (Wildman–Crippen MR) is 126 cm³/mol. The number of fused-ring (bicyclic) bond motifs is 4. The van der Waals surface area contributed by atoms with Crippen LogP contribution in [0.2, 0.25) is 0 Å². The van der Waals surface area contributed by atoms with Crippen LogP contribution in [0.1, 0.15) is 42.5 Å². The summed E-state index contributed by atoms with van der Waals surface area (Å²) in [5.74, 6) is 0.485. The highest BCUT2D eigenvalue weighted by Gasteiger charge is 2.53. The first-order valence-corrected chi connectivity index (χ1v) is 11.3. The van der Waals surface area contributed by atoms with E-state index < -0.39 is 0 Å². The molecule has 1 saturated carbocycles. The lowest BCUT2D eigenvalue weighted by molar-refractivity contribution is 0.00343. The number of aromatic nitrogens is 1. The van der Waals surface area contributed by atoms with Gasteiger partial charge in [-0.15, -0.1) is 6.58 Å². The van der Waals surface area contributed by atoms with Gasteiger partial charge in [-0.3, -0.25) is 4.90 Å². The highest BCUT2D eigenvalue weighted by atomic mass is 15.2. The molecule has 3 nitrogen and oxygen atoms in total. The van der Waals surface area contributed by atoms with Crippen LogP contribution in [0.25, 0.3) is 10.9 Å². The molecule has 3 heteroatoms. The summed E-state index contributed by atoms with van der Waals surface area (Å²) < 4.78 is 0. The molecule has 0 bridgehead atoms. The minimum absolute atomic E-state index is 0.00488. The third-order valence-electron chi connectivity index (χ3n) is 7.91. The maximum absolute atomic E-state index is 4.15. The third kappa shape index (κ3) is 2.79. The molecular weight excluding hydrogens is 366 g/mol. The zero-order chi connectivity index (χ0) is 20.8. The first kappa shape index (κ1) is 19.6. The number of hydrogen-bond acceptors (Lipinski definition) is 2. The fourth-order valence-corrected chi connectivity index (χ4v) is 6.35. The van der Waals surface area contributed by atoms with Gasteiger partial charge in [0.15, 0.2) is 0 Å². The van der Waals surface area contributed by atoms with Gasteiger partial charge in [0.05, 0.1) is 5.54 Å². The number of nitrogens with zero attached hydrogens (tertiary/aromatic N) is 1. The minimum Gasteiger partial charge on any atom is -0.357 e. The molecule has 2 heterocycles. The van der Waals surface area contributed by atoms with Gasteiger partial charge in [0.2, 0.25) is 0 Å². The Labute approximate surface area is 180 Å². The number of aromatic amines is 1. The second kappa shape index (κ2) is 7.40. The van der Waals surface area contributed by atoms with E-state index >= 15 is 0 Å². The van der Waals surface area contributed by atoms with Gasteiger partial charge in [-0.1, -0.05) is 54.6 Å². The van der Waals surface area contributed by atoms with Crippen molar-refractivity contribution in [3.8, 4) is 0 Å². The zero-order valence-corrected chi connectivity index (χ0v) is 18.2. The Balaban J connectivity index is 1.63. The fraction of sp³-hybridized carbons (Fsp3) is 0.407. The van der Waals surface area contributed by atoms with Crippen molar-refractivity contribution in [2.45, 2.75) is 43.2 Å². The first-order chi connectivity index (χ1) is 14.6. The van der Waals surface area contributed by atoms with Gasteiger partial charge in [-0.05, 0) is 69.3 Å². The normalized spacial score (nSPS) is 28.7. The molecule has 3 atom stereocenters. The lowest BCUT2D eigenvalue weighted by Gasteiger charge is -2.55. The van der Waals surface area contributed by atoms with Gasteiger partial charge in [0.25, 0.3) is 0 Å². The van der Waals surface area contributed by atoms with E-state index in [4.69, 9.17) is 0 Å². The molecule has 3 unspecified atom stereocenters. The van der Waals surface area contributed by atoms with E-state index in [1.54, 1.807) is 0 Å². The van der Waals surface area contributed by atoms with Crippen molar-refractivity contribution >= 4 is 10.9 Å². The largest absolute Gasteiger partial charge is 0.357 e. The number of hydrogen-bond donors (Lipinski definition) is 2. The van der Waals surface area contributed by atoms with Crippen LogP contribution < -0.4 is 5.32 Å². The molecule has 1 aromatic heterocycles. The average molecular weight is 400 g/mol. The lowest BCUT2D eigenvalue weighted by Crippen LogP contribution is -2.59. The average Bonchev–Trinajstić information content (AvgIpc) is 3.16. The van der Waals surface area contributed by atoms with Crippen LogP contribution in [0.4, 0.5) is 0 Å². The Hall–Kier alpha value is -2.36. The van der Waals surface area contributed by atoms with Crippen LogP contribution in [0.5, 0.6) is 0 Å². The van der Waals surface area contributed by atoms with Gasteiger partial charge < -0.3 is 10.3 Å². The van der Waals surface area contributed by atoms with Crippen LogP contribution in [-0.4, -0.2) is 30.5 Å². The molecule has 5 rings (SSSR count). The van der Waals surface area contributed by atoms with Crippen molar-refractivity contribution in [2.75, 3.05) is 20.6 Å². The van der Waals surface area contributed by atoms with Crippen LogP contribution in [0.15, 0.2) is 67.3 Å². The van der Waals surface area contributed by atoms with E-state index in [1.165, 1.54) is 27.7 Å². The Morgan fingerprint density at radius 1 is 1.07 bits per heavy atom. The standard InChI is InChI=1S/C27H33N3/c1-4-10-21-19-26(30(2)3,20-11-6-5-7-12-20)16-17-27(21)25-23(15-18-28-27)22-13-8-9-14-24(22)29-25/h4-9,11-14,21,28-29H,1,10,15-19H2,2-3H3. The van der Waals surface area contributed by atoms with E-state index in [1.807, 2.05) is 0 Å². The van der Waals surface area contributed by atoms with Crippen LogP contribution in [-0.2, 0) is 17.5 Å². The van der Waals surface area contributed by atoms with E-state index in [0.717, 1.165) is 38.6 Å². The number of para-hydroxylation sites is 1. The summed E-state index contributed by atoms with van der Waals surface area (Å²) in [5, 5.41) is 5.42. The monoisotopic (exact) mass is 399 g/mol. The Kier molecular flexibility index (Phi) is 4.83. The van der Waals surface area contributed by atoms with Crippen molar-refractivity contribution in [1.82, 2.24) is 15.2 Å². The molecule has 2 N–H and O–H groups in total. The molecular formula is C27H33N3. The minimum atomic E-state index is -0.00488. The van der Waals surface area contributed by atoms with Gasteiger partial charge in [0.1, 0.15) is 0 Å². The van der Waals surface area contributed by atoms with Crippen molar-refractivity contribution in [1.29, 1.82) is 0 Å². The molecule has 30 heavy (non-hydrogen) atoms. The van der Waals surface area contributed by atoms with Crippen LogP contribution in [0.3, 0.4) is 0 Å². The predicted octanol–water partition coefficient (Wildman–Crippen LogP) is 5.34. The SMILES string of the molecule is C=CCC1CC(c2ccccc2)(N(C)C)CCC12NCCc1c2[nH]c2ccccc12. The second-order valence-corrected chi connectivity index (χ2v) is 9.39. The Bertz CT molecular complexity index is 1050. The molecule has 0 radical (unpaired) electrons. The summed E-state index contributed by atoms with van der Waals surface area (Å²) >= 11 is 0. The topological polar surface area (TPSA) is 31.1 Å². The summed E-state index contributed by atoms with van der Waals surface area (Å²) in [4.78, 5) is 6.31. The fourth-order valence-electron chi connectivity index (χ4n) is 6.35.